The Labute approximate surface area is 159 Å². The molecule has 0 aliphatic heterocycles. The van der Waals surface area contributed by atoms with Gasteiger partial charge in [-0.1, -0.05) is 25.6 Å². The highest BCUT2D eigenvalue weighted by atomic mass is 32.2. The Morgan fingerprint density at radius 2 is 2.15 bits per heavy atom. The zero-order valence-corrected chi connectivity index (χ0v) is 14.6. The second-order valence-electron chi connectivity index (χ2n) is 5.23. The van der Waals surface area contributed by atoms with Crippen LogP contribution in [0.3, 0.4) is 0 Å². The van der Waals surface area contributed by atoms with Crippen LogP contribution < -0.4 is 5.32 Å². The number of fused-ring (bicyclic) bond motifs is 1. The summed E-state index contributed by atoms with van der Waals surface area (Å²) in [5.41, 5.74) is 2.62. The molecule has 0 bridgehead atoms. The van der Waals surface area contributed by atoms with Crippen LogP contribution in [0.1, 0.15) is 22.7 Å². The number of carbonyl (C=O) groups excluding carboxylic acids is 1. The van der Waals surface area contributed by atoms with E-state index in [9.17, 15) is 4.79 Å². The Hall–Kier alpha value is -2.71. The number of thioether (sulfide) groups is 1. The van der Waals surface area contributed by atoms with E-state index in [1.165, 1.54) is 17.7 Å². The number of aromatic nitrogens is 4. The van der Waals surface area contributed by atoms with E-state index in [1.54, 1.807) is 18.0 Å². The fourth-order valence-electron chi connectivity index (χ4n) is 2.35. The van der Waals surface area contributed by atoms with Crippen LogP contribution in [0.25, 0.3) is 11.0 Å². The van der Waals surface area contributed by atoms with Crippen molar-refractivity contribution >= 4 is 45.7 Å². The fraction of sp³-hybridized carbons (Fsp3) is 0.111. The van der Waals surface area contributed by atoms with Crippen molar-refractivity contribution in [3.05, 3.63) is 64.7 Å². The molecule has 132 valence electrons. The molecule has 0 saturated carbocycles. The molecule has 1 aromatic carbocycles. The molecule has 4 rings (SSSR count). The van der Waals surface area contributed by atoms with E-state index in [-0.39, 0.29) is 13.3 Å². The number of thiophene rings is 1. The standard InChI is InChI=1S/C17H13N5OS2.CH4/c23-16(14-5-2-6-24-14)21-12-4-1-3-11(7-12)9-25-17-13-8-20-22-15(13)18-10-19-17;/h1-8,10H,9H2,(H,21,23)(H,18,19,20,22);1H4. The third kappa shape index (κ3) is 3.92. The van der Waals surface area contributed by atoms with Crippen molar-refractivity contribution < 1.29 is 4.79 Å². The van der Waals surface area contributed by atoms with Gasteiger partial charge in [-0.05, 0) is 29.1 Å². The Bertz CT molecular complexity index is 1010. The largest absolute Gasteiger partial charge is 0.321 e. The van der Waals surface area contributed by atoms with Crippen LogP contribution in [0.4, 0.5) is 5.69 Å². The topological polar surface area (TPSA) is 83.6 Å². The van der Waals surface area contributed by atoms with Crippen LogP contribution >= 0.6 is 23.1 Å². The van der Waals surface area contributed by atoms with Gasteiger partial charge >= 0.3 is 0 Å². The second kappa shape index (κ2) is 8.11. The molecule has 26 heavy (non-hydrogen) atoms. The van der Waals surface area contributed by atoms with Gasteiger partial charge in [-0.15, -0.1) is 23.1 Å². The molecule has 4 aromatic rings. The van der Waals surface area contributed by atoms with Gasteiger partial charge < -0.3 is 5.32 Å². The van der Waals surface area contributed by atoms with Crippen LogP contribution in [0.2, 0.25) is 0 Å². The van der Waals surface area contributed by atoms with Gasteiger partial charge in [-0.3, -0.25) is 9.89 Å². The normalized spacial score (nSPS) is 10.5. The lowest BCUT2D eigenvalue weighted by Crippen LogP contribution is -2.10. The summed E-state index contributed by atoms with van der Waals surface area (Å²) in [4.78, 5) is 21.3. The van der Waals surface area contributed by atoms with Gasteiger partial charge in [0, 0.05) is 11.4 Å². The van der Waals surface area contributed by atoms with Crippen LogP contribution in [0.5, 0.6) is 0 Å². The Kier molecular flexibility index (Phi) is 5.65. The summed E-state index contributed by atoms with van der Waals surface area (Å²) in [5.74, 6) is 0.649. The highest BCUT2D eigenvalue weighted by Gasteiger charge is 2.09. The number of nitrogens with one attached hydrogen (secondary N) is 2. The van der Waals surface area contributed by atoms with E-state index in [4.69, 9.17) is 0 Å². The van der Waals surface area contributed by atoms with Crippen molar-refractivity contribution in [2.45, 2.75) is 18.2 Å². The van der Waals surface area contributed by atoms with E-state index in [1.807, 2.05) is 41.8 Å². The number of carbonyl (C=O) groups is 1. The van der Waals surface area contributed by atoms with Gasteiger partial charge in [0.2, 0.25) is 0 Å². The molecule has 0 aliphatic rings. The lowest BCUT2D eigenvalue weighted by Gasteiger charge is -2.07. The molecule has 8 heteroatoms. The number of H-pyrrole nitrogens is 1. The minimum absolute atomic E-state index is 0. The van der Waals surface area contributed by atoms with Gasteiger partial charge in [0.1, 0.15) is 11.4 Å². The molecule has 2 N–H and O–H groups in total. The number of anilines is 1. The molecule has 0 spiro atoms. The van der Waals surface area contributed by atoms with Crippen molar-refractivity contribution in [3.8, 4) is 0 Å². The molecule has 0 aliphatic carbocycles. The lowest BCUT2D eigenvalue weighted by molar-refractivity contribution is 0.103. The highest BCUT2D eigenvalue weighted by Crippen LogP contribution is 2.27. The van der Waals surface area contributed by atoms with Crippen molar-refractivity contribution in [3.63, 3.8) is 0 Å². The van der Waals surface area contributed by atoms with Gasteiger partial charge in [0.25, 0.3) is 5.91 Å². The maximum Gasteiger partial charge on any atom is 0.265 e. The van der Waals surface area contributed by atoms with Gasteiger partial charge in [0.05, 0.1) is 16.5 Å². The molecular weight excluding hydrogens is 366 g/mol. The first-order chi connectivity index (χ1) is 12.3. The summed E-state index contributed by atoms with van der Waals surface area (Å²) in [7, 11) is 0. The maximum absolute atomic E-state index is 12.1. The minimum Gasteiger partial charge on any atom is -0.321 e. The highest BCUT2D eigenvalue weighted by molar-refractivity contribution is 7.98. The summed E-state index contributed by atoms with van der Waals surface area (Å²) in [6.45, 7) is 0. The first-order valence-electron chi connectivity index (χ1n) is 7.50. The van der Waals surface area contributed by atoms with Crippen molar-refractivity contribution in [1.29, 1.82) is 0 Å². The molecule has 3 heterocycles. The van der Waals surface area contributed by atoms with E-state index >= 15 is 0 Å². The molecule has 0 unspecified atom stereocenters. The Morgan fingerprint density at radius 1 is 1.23 bits per heavy atom. The molecule has 3 aromatic heterocycles. The Morgan fingerprint density at radius 3 is 3.00 bits per heavy atom. The number of benzene rings is 1. The molecule has 1 amide bonds. The molecule has 0 saturated heterocycles. The molecule has 6 nitrogen and oxygen atoms in total. The zero-order chi connectivity index (χ0) is 17.1. The number of hydrogen-bond acceptors (Lipinski definition) is 6. The van der Waals surface area contributed by atoms with Gasteiger partial charge in [0.15, 0.2) is 5.65 Å². The minimum atomic E-state index is -0.0873. The molecule has 0 fully saturated rings. The molecule has 0 atom stereocenters. The van der Waals surface area contributed by atoms with E-state index in [0.29, 0.717) is 4.88 Å². The number of aromatic amines is 1. The van der Waals surface area contributed by atoms with E-state index in [2.05, 4.69) is 25.5 Å². The third-order valence-corrected chi connectivity index (χ3v) is 5.46. The van der Waals surface area contributed by atoms with Crippen LogP contribution in [0, 0.1) is 0 Å². The number of hydrogen-bond donors (Lipinski definition) is 2. The number of nitrogens with zero attached hydrogens (tertiary/aromatic N) is 3. The smallest absolute Gasteiger partial charge is 0.265 e. The average Bonchev–Trinajstić information content (AvgIpc) is 3.31. The molecule has 0 radical (unpaired) electrons. The first kappa shape index (κ1) is 18.1. The average molecular weight is 384 g/mol. The van der Waals surface area contributed by atoms with Crippen LogP contribution in [-0.2, 0) is 5.75 Å². The van der Waals surface area contributed by atoms with Crippen molar-refractivity contribution in [2.24, 2.45) is 0 Å². The lowest BCUT2D eigenvalue weighted by atomic mass is 10.2. The predicted molar refractivity (Wildman–Crippen MR) is 107 cm³/mol. The third-order valence-electron chi connectivity index (χ3n) is 3.52. The quantitative estimate of drug-likeness (QED) is 0.389. The van der Waals surface area contributed by atoms with E-state index < -0.39 is 0 Å². The van der Waals surface area contributed by atoms with Gasteiger partial charge in [-0.25, -0.2) is 9.97 Å². The van der Waals surface area contributed by atoms with Crippen molar-refractivity contribution in [1.82, 2.24) is 20.2 Å². The Balaban J connectivity index is 0.00000196. The van der Waals surface area contributed by atoms with Crippen molar-refractivity contribution in [2.75, 3.05) is 5.32 Å². The van der Waals surface area contributed by atoms with Crippen LogP contribution in [0.15, 0.2) is 59.3 Å². The first-order valence-corrected chi connectivity index (χ1v) is 9.37. The maximum atomic E-state index is 12.1. The summed E-state index contributed by atoms with van der Waals surface area (Å²) in [6.07, 6.45) is 3.26. The second-order valence-corrected chi connectivity index (χ2v) is 7.14. The summed E-state index contributed by atoms with van der Waals surface area (Å²) >= 11 is 3.04. The van der Waals surface area contributed by atoms with E-state index in [0.717, 1.165) is 33.1 Å². The predicted octanol–water partition coefficient (Wildman–Crippen LogP) is 4.60. The summed E-state index contributed by atoms with van der Waals surface area (Å²) < 4.78 is 0. The summed E-state index contributed by atoms with van der Waals surface area (Å²) in [6, 6.07) is 11.5. The fourth-order valence-corrected chi connectivity index (χ4v) is 3.88. The SMILES string of the molecule is C.O=C(Nc1cccc(CSc2ncnc3[nH]ncc23)c1)c1cccs1. The number of rotatable bonds is 5. The zero-order valence-electron chi connectivity index (χ0n) is 13.0. The monoisotopic (exact) mass is 383 g/mol. The summed E-state index contributed by atoms with van der Waals surface area (Å²) in [5, 5.41) is 13.5. The molecular formula is C18H17N5OS2. The van der Waals surface area contributed by atoms with Crippen LogP contribution in [-0.4, -0.2) is 26.1 Å². The number of amides is 1. The van der Waals surface area contributed by atoms with Gasteiger partial charge in [-0.2, -0.15) is 5.10 Å².